The Morgan fingerprint density at radius 3 is 2.45 bits per heavy atom. The van der Waals surface area contributed by atoms with Crippen LogP contribution >= 0.6 is 0 Å². The van der Waals surface area contributed by atoms with Gasteiger partial charge in [-0.25, -0.2) is 8.42 Å². The summed E-state index contributed by atoms with van der Waals surface area (Å²) < 4.78 is 61.1. The Hall–Kier alpha value is -2.08. The van der Waals surface area contributed by atoms with Gasteiger partial charge in [0.05, 0.1) is 16.5 Å². The molecule has 5 nitrogen and oxygen atoms in total. The van der Waals surface area contributed by atoms with E-state index in [-0.39, 0.29) is 5.69 Å². The lowest BCUT2D eigenvalue weighted by molar-refractivity contribution is -0.139. The van der Waals surface area contributed by atoms with Gasteiger partial charge in [0.2, 0.25) is 5.91 Å². The third-order valence-electron chi connectivity index (χ3n) is 2.21. The largest absolute Gasteiger partial charge is 0.417 e. The van der Waals surface area contributed by atoms with Gasteiger partial charge in [0.15, 0.2) is 9.84 Å². The van der Waals surface area contributed by atoms with Gasteiger partial charge in [-0.2, -0.15) is 18.4 Å². The topological polar surface area (TPSA) is 87.0 Å². The minimum Gasteiger partial charge on any atom is -0.325 e. The normalized spacial score (nSPS) is 11.8. The van der Waals surface area contributed by atoms with Crippen LogP contribution in [0.25, 0.3) is 0 Å². The quantitative estimate of drug-likeness (QED) is 0.924. The first kappa shape index (κ1) is 16.0. The number of rotatable bonds is 3. The number of benzene rings is 1. The Balaban J connectivity index is 3.30. The van der Waals surface area contributed by atoms with E-state index >= 15 is 0 Å². The van der Waals surface area contributed by atoms with Crippen molar-refractivity contribution in [2.45, 2.75) is 17.5 Å². The van der Waals surface area contributed by atoms with Crippen LogP contribution in [0, 0.1) is 11.3 Å². The van der Waals surface area contributed by atoms with E-state index < -0.39 is 38.8 Å². The fourth-order valence-electron chi connectivity index (χ4n) is 1.43. The van der Waals surface area contributed by atoms with Crippen molar-refractivity contribution in [1.82, 2.24) is 0 Å². The first-order valence-electron chi connectivity index (χ1n) is 5.14. The van der Waals surface area contributed by atoms with E-state index in [1.54, 1.807) is 0 Å². The molecule has 0 fully saturated rings. The molecular weight excluding hydrogens is 297 g/mol. The molecule has 0 saturated heterocycles. The summed E-state index contributed by atoms with van der Waals surface area (Å²) >= 11 is 0. The van der Waals surface area contributed by atoms with Gasteiger partial charge in [-0.15, -0.1) is 0 Å². The van der Waals surface area contributed by atoms with Crippen molar-refractivity contribution in [3.05, 3.63) is 23.8 Å². The Morgan fingerprint density at radius 2 is 2.00 bits per heavy atom. The lowest BCUT2D eigenvalue weighted by Gasteiger charge is -2.13. The summed E-state index contributed by atoms with van der Waals surface area (Å²) in [7, 11) is -4.06. The molecule has 20 heavy (non-hydrogen) atoms. The predicted molar refractivity (Wildman–Crippen MR) is 63.4 cm³/mol. The van der Waals surface area contributed by atoms with Crippen molar-refractivity contribution >= 4 is 21.4 Å². The fraction of sp³-hybridized carbons (Fsp3) is 0.273. The second-order valence-electron chi connectivity index (χ2n) is 3.86. The van der Waals surface area contributed by atoms with Crippen LogP contribution in [-0.4, -0.2) is 20.6 Å². The first-order chi connectivity index (χ1) is 9.05. The van der Waals surface area contributed by atoms with Gasteiger partial charge in [0, 0.05) is 11.9 Å². The van der Waals surface area contributed by atoms with Crippen LogP contribution in [0.1, 0.15) is 12.0 Å². The number of hydrogen-bond donors (Lipinski definition) is 1. The number of nitriles is 1. The van der Waals surface area contributed by atoms with Gasteiger partial charge in [-0.05, 0) is 18.2 Å². The van der Waals surface area contributed by atoms with E-state index in [2.05, 4.69) is 5.32 Å². The number of alkyl halides is 3. The van der Waals surface area contributed by atoms with E-state index in [0.29, 0.717) is 12.3 Å². The van der Waals surface area contributed by atoms with Crippen LogP contribution in [0.2, 0.25) is 0 Å². The maximum Gasteiger partial charge on any atom is 0.417 e. The monoisotopic (exact) mass is 306 g/mol. The first-order valence-corrected chi connectivity index (χ1v) is 7.03. The van der Waals surface area contributed by atoms with E-state index in [0.717, 1.165) is 12.1 Å². The number of nitrogens with one attached hydrogen (secondary N) is 1. The highest BCUT2D eigenvalue weighted by molar-refractivity contribution is 7.90. The van der Waals surface area contributed by atoms with Crippen LogP contribution in [-0.2, 0) is 20.8 Å². The second kappa shape index (κ2) is 5.50. The number of amides is 1. The van der Waals surface area contributed by atoms with Gasteiger partial charge in [-0.1, -0.05) is 0 Å². The minimum atomic E-state index is -4.88. The number of anilines is 1. The molecule has 1 amide bonds. The molecule has 1 N–H and O–H groups in total. The average Bonchev–Trinajstić information content (AvgIpc) is 2.26. The lowest BCUT2D eigenvalue weighted by atomic mass is 10.2. The Kier molecular flexibility index (Phi) is 4.39. The summed E-state index contributed by atoms with van der Waals surface area (Å²) in [4.78, 5) is 10.3. The number of sulfone groups is 1. The third-order valence-corrected chi connectivity index (χ3v) is 3.36. The van der Waals surface area contributed by atoms with Crippen LogP contribution in [0.4, 0.5) is 18.9 Å². The van der Waals surface area contributed by atoms with Crippen molar-refractivity contribution in [1.29, 1.82) is 5.26 Å². The second-order valence-corrected chi connectivity index (χ2v) is 5.85. The van der Waals surface area contributed by atoms with Crippen molar-refractivity contribution < 1.29 is 26.4 Å². The SMILES string of the molecule is CS(=O)(=O)c1ccc(NC(=O)CC#N)cc1C(F)(F)F. The molecule has 0 aliphatic heterocycles. The molecule has 0 bridgehead atoms. The molecule has 1 aromatic carbocycles. The average molecular weight is 306 g/mol. The highest BCUT2D eigenvalue weighted by atomic mass is 32.2. The highest BCUT2D eigenvalue weighted by Gasteiger charge is 2.36. The molecule has 0 aliphatic carbocycles. The Bertz CT molecular complexity index is 675. The molecule has 0 aromatic heterocycles. The van der Waals surface area contributed by atoms with Gasteiger partial charge in [0.1, 0.15) is 6.42 Å². The molecule has 0 heterocycles. The van der Waals surface area contributed by atoms with E-state index in [4.69, 9.17) is 5.26 Å². The summed E-state index contributed by atoms with van der Waals surface area (Å²) in [5.41, 5.74) is -1.60. The maximum atomic E-state index is 12.8. The molecule has 9 heteroatoms. The third kappa shape index (κ3) is 3.96. The number of halogens is 3. The molecule has 0 unspecified atom stereocenters. The van der Waals surface area contributed by atoms with Crippen LogP contribution in [0.3, 0.4) is 0 Å². The summed E-state index contributed by atoms with van der Waals surface area (Å²) in [6, 6.07) is 3.85. The fourth-order valence-corrected chi connectivity index (χ4v) is 2.32. The van der Waals surface area contributed by atoms with E-state index in [1.165, 1.54) is 6.07 Å². The molecule has 1 rings (SSSR count). The van der Waals surface area contributed by atoms with Crippen molar-refractivity contribution in [2.75, 3.05) is 11.6 Å². The number of carbonyl (C=O) groups is 1. The van der Waals surface area contributed by atoms with E-state index in [9.17, 15) is 26.4 Å². The molecule has 0 aliphatic rings. The van der Waals surface area contributed by atoms with Crippen LogP contribution in [0.15, 0.2) is 23.1 Å². The lowest BCUT2D eigenvalue weighted by Crippen LogP contribution is -2.15. The van der Waals surface area contributed by atoms with Gasteiger partial charge in [-0.3, -0.25) is 4.79 Å². The summed E-state index contributed by atoms with van der Waals surface area (Å²) in [6.45, 7) is 0. The molecular formula is C11H9F3N2O3S. The zero-order valence-electron chi connectivity index (χ0n) is 10.2. The van der Waals surface area contributed by atoms with Gasteiger partial charge >= 0.3 is 6.18 Å². The van der Waals surface area contributed by atoms with Crippen molar-refractivity contribution in [3.8, 4) is 6.07 Å². The summed E-state index contributed by atoms with van der Waals surface area (Å²) in [5, 5.41) is 10.4. The predicted octanol–water partition coefficient (Wildman–Crippen LogP) is 1.96. The van der Waals surface area contributed by atoms with Crippen molar-refractivity contribution in [2.24, 2.45) is 0 Å². The number of carbonyl (C=O) groups excluding carboxylic acids is 1. The van der Waals surface area contributed by atoms with E-state index in [1.807, 2.05) is 0 Å². The maximum absolute atomic E-state index is 12.8. The van der Waals surface area contributed by atoms with Crippen LogP contribution in [0.5, 0.6) is 0 Å². The highest BCUT2D eigenvalue weighted by Crippen LogP contribution is 2.35. The smallest absolute Gasteiger partial charge is 0.325 e. The summed E-state index contributed by atoms with van der Waals surface area (Å²) in [5.74, 6) is -0.785. The van der Waals surface area contributed by atoms with Crippen LogP contribution < -0.4 is 5.32 Å². The van der Waals surface area contributed by atoms with Gasteiger partial charge in [0.25, 0.3) is 0 Å². The molecule has 0 saturated carbocycles. The molecule has 0 atom stereocenters. The number of nitrogens with zero attached hydrogens (tertiary/aromatic N) is 1. The molecule has 0 spiro atoms. The minimum absolute atomic E-state index is 0.232. The molecule has 1 aromatic rings. The zero-order valence-corrected chi connectivity index (χ0v) is 11.0. The number of hydrogen-bond acceptors (Lipinski definition) is 4. The van der Waals surface area contributed by atoms with Crippen molar-refractivity contribution in [3.63, 3.8) is 0 Å². The Labute approximate surface area is 112 Å². The molecule has 0 radical (unpaired) electrons. The summed E-state index contributed by atoms with van der Waals surface area (Å²) in [6.07, 6.45) is -4.74. The standard InChI is InChI=1S/C11H9F3N2O3S/c1-20(18,19)9-3-2-7(16-10(17)4-5-15)6-8(9)11(12,13)14/h2-3,6H,4H2,1H3,(H,16,17). The van der Waals surface area contributed by atoms with Gasteiger partial charge < -0.3 is 5.32 Å². The Morgan fingerprint density at radius 1 is 1.40 bits per heavy atom. The zero-order chi connectivity index (χ0) is 15.6. The molecule has 108 valence electrons.